The largest absolute Gasteiger partial charge is 0.343 e. The van der Waals surface area contributed by atoms with Gasteiger partial charge in [-0.05, 0) is 43.7 Å². The van der Waals surface area contributed by atoms with Gasteiger partial charge in [-0.2, -0.15) is 0 Å². The summed E-state index contributed by atoms with van der Waals surface area (Å²) < 4.78 is 27.3. The molecule has 1 aromatic heterocycles. The predicted octanol–water partition coefficient (Wildman–Crippen LogP) is 2.00. The van der Waals surface area contributed by atoms with Gasteiger partial charge in [0.15, 0.2) is 0 Å². The van der Waals surface area contributed by atoms with E-state index in [1.807, 2.05) is 0 Å². The molecule has 8 nitrogen and oxygen atoms in total. The highest BCUT2D eigenvalue weighted by molar-refractivity contribution is 6.09. The molecule has 3 N–H and O–H groups in total. The molecule has 2 heterocycles. The lowest BCUT2D eigenvalue weighted by molar-refractivity contribution is -0.130. The molecule has 0 bridgehead atoms. The molecular weight excluding hydrogens is 432 g/mol. The summed E-state index contributed by atoms with van der Waals surface area (Å²) >= 11 is 0. The molecule has 176 valence electrons. The first-order valence-electron chi connectivity index (χ1n) is 10.6. The molecule has 1 aliphatic rings. The molecule has 1 aromatic carbocycles. The minimum absolute atomic E-state index is 0.162. The molecule has 0 spiro atoms. The number of likely N-dealkylation sites (N-methyl/N-ethyl adjacent to an activating group) is 1. The summed E-state index contributed by atoms with van der Waals surface area (Å²) in [6.07, 6.45) is 1.67. The van der Waals surface area contributed by atoms with E-state index in [2.05, 4.69) is 20.9 Å². The van der Waals surface area contributed by atoms with E-state index in [0.717, 1.165) is 12.1 Å². The molecular formula is C23H27F2N5O3. The second-order valence-corrected chi connectivity index (χ2v) is 8.27. The van der Waals surface area contributed by atoms with Crippen molar-refractivity contribution in [2.45, 2.75) is 45.3 Å². The van der Waals surface area contributed by atoms with Crippen LogP contribution in [0, 0.1) is 17.6 Å². The average Bonchev–Trinajstić information content (AvgIpc) is 3.17. The number of nitrogens with zero attached hydrogens (tertiary/aromatic N) is 2. The number of hydrogen-bond donors (Lipinski definition) is 3. The average molecular weight is 459 g/mol. The quantitative estimate of drug-likeness (QED) is 0.588. The summed E-state index contributed by atoms with van der Waals surface area (Å²) in [5.41, 5.74) is 0.470. The summed E-state index contributed by atoms with van der Waals surface area (Å²) in [6.45, 7) is 5.23. The zero-order valence-corrected chi connectivity index (χ0v) is 18.9. The molecule has 2 aromatic rings. The van der Waals surface area contributed by atoms with Gasteiger partial charge in [0.05, 0.1) is 11.7 Å². The molecule has 0 unspecified atom stereocenters. The highest BCUT2D eigenvalue weighted by Crippen LogP contribution is 2.32. The van der Waals surface area contributed by atoms with Crippen molar-refractivity contribution in [2.24, 2.45) is 5.92 Å². The van der Waals surface area contributed by atoms with Gasteiger partial charge in [0.25, 0.3) is 5.91 Å². The molecule has 0 aliphatic carbocycles. The second kappa shape index (κ2) is 10.0. The number of nitrogens with one attached hydrogen (secondary N) is 3. The number of carbonyl (C=O) groups excluding carboxylic acids is 3. The van der Waals surface area contributed by atoms with Gasteiger partial charge in [0.1, 0.15) is 29.5 Å². The van der Waals surface area contributed by atoms with Crippen molar-refractivity contribution >= 4 is 29.2 Å². The van der Waals surface area contributed by atoms with Crippen LogP contribution in [-0.4, -0.2) is 47.9 Å². The Morgan fingerprint density at radius 1 is 1.15 bits per heavy atom. The van der Waals surface area contributed by atoms with Gasteiger partial charge in [-0.1, -0.05) is 19.9 Å². The fourth-order valence-corrected chi connectivity index (χ4v) is 3.60. The van der Waals surface area contributed by atoms with Crippen molar-refractivity contribution < 1.29 is 23.2 Å². The molecule has 3 amide bonds. The molecule has 33 heavy (non-hydrogen) atoms. The number of pyridine rings is 1. The molecule has 3 atom stereocenters. The maximum absolute atomic E-state index is 14.1. The van der Waals surface area contributed by atoms with Gasteiger partial charge >= 0.3 is 0 Å². The van der Waals surface area contributed by atoms with Crippen LogP contribution in [0.1, 0.15) is 26.3 Å². The molecule has 1 aliphatic heterocycles. The van der Waals surface area contributed by atoms with Crippen LogP contribution in [0.15, 0.2) is 36.5 Å². The summed E-state index contributed by atoms with van der Waals surface area (Å²) in [7, 11) is 1.63. The van der Waals surface area contributed by atoms with Crippen LogP contribution in [0.4, 0.5) is 20.3 Å². The van der Waals surface area contributed by atoms with Crippen LogP contribution in [0.3, 0.4) is 0 Å². The van der Waals surface area contributed by atoms with Crippen LogP contribution in [0.5, 0.6) is 0 Å². The first-order valence-corrected chi connectivity index (χ1v) is 10.6. The highest BCUT2D eigenvalue weighted by Gasteiger charge is 2.43. The number of fused-ring (bicyclic) bond motifs is 1. The van der Waals surface area contributed by atoms with Crippen LogP contribution in [0.2, 0.25) is 0 Å². The van der Waals surface area contributed by atoms with Gasteiger partial charge in [0.2, 0.25) is 11.8 Å². The predicted molar refractivity (Wildman–Crippen MR) is 119 cm³/mol. The van der Waals surface area contributed by atoms with E-state index in [1.54, 1.807) is 40.0 Å². The standard InChI is InChI=1S/C23H27F2N5O3/c1-12(2)19(29-21(31)13(3)26-4)23(33)30-18(10-14-6-5-9-27-20(14)30)22(32)28-17-8-7-15(24)11-16(17)25/h5-9,11-13,18-19,26H,10H2,1-4H3,(H,28,32)(H,29,31)/t13-,18-,19-/m0/s1. The van der Waals surface area contributed by atoms with Gasteiger partial charge < -0.3 is 16.0 Å². The summed E-state index contributed by atoms with van der Waals surface area (Å²) in [5.74, 6) is -3.18. The van der Waals surface area contributed by atoms with Gasteiger partial charge in [-0.25, -0.2) is 13.8 Å². The van der Waals surface area contributed by atoms with Crippen LogP contribution in [-0.2, 0) is 20.8 Å². The summed E-state index contributed by atoms with van der Waals surface area (Å²) in [5, 5.41) is 8.00. The minimum Gasteiger partial charge on any atom is -0.343 e. The number of halogens is 2. The Labute approximate surface area is 190 Å². The fraction of sp³-hybridized carbons (Fsp3) is 0.391. The Kier molecular flexibility index (Phi) is 7.37. The number of benzene rings is 1. The lowest BCUT2D eigenvalue weighted by atomic mass is 10.0. The molecule has 0 saturated heterocycles. The zero-order chi connectivity index (χ0) is 24.3. The van der Waals surface area contributed by atoms with Crippen molar-refractivity contribution in [1.29, 1.82) is 0 Å². The van der Waals surface area contributed by atoms with Crippen molar-refractivity contribution in [3.63, 3.8) is 0 Å². The molecule has 0 fully saturated rings. The lowest BCUT2D eigenvalue weighted by Gasteiger charge is -2.31. The summed E-state index contributed by atoms with van der Waals surface area (Å²) in [6, 6.07) is 3.79. The molecule has 10 heteroatoms. The van der Waals surface area contributed by atoms with E-state index in [0.29, 0.717) is 17.4 Å². The number of hydrogen-bond acceptors (Lipinski definition) is 5. The van der Waals surface area contributed by atoms with Crippen LogP contribution in [0.25, 0.3) is 0 Å². The normalized spacial score (nSPS) is 16.8. The third kappa shape index (κ3) is 5.16. The zero-order valence-electron chi connectivity index (χ0n) is 18.9. The number of carbonyl (C=O) groups is 3. The second-order valence-electron chi connectivity index (χ2n) is 8.27. The number of aromatic nitrogens is 1. The smallest absolute Gasteiger partial charge is 0.251 e. The van der Waals surface area contributed by atoms with E-state index in [9.17, 15) is 23.2 Å². The Morgan fingerprint density at radius 2 is 1.88 bits per heavy atom. The van der Waals surface area contributed by atoms with E-state index in [-0.39, 0.29) is 23.9 Å². The Hall–Kier alpha value is -3.40. The molecule has 0 saturated carbocycles. The van der Waals surface area contributed by atoms with Crippen LogP contribution < -0.4 is 20.9 Å². The Bertz CT molecular complexity index is 1060. The van der Waals surface area contributed by atoms with E-state index in [1.165, 1.54) is 11.1 Å². The van der Waals surface area contributed by atoms with Crippen molar-refractivity contribution in [3.8, 4) is 0 Å². The van der Waals surface area contributed by atoms with Crippen LogP contribution >= 0.6 is 0 Å². The first-order chi connectivity index (χ1) is 15.6. The number of rotatable bonds is 7. The maximum Gasteiger partial charge on any atom is 0.251 e. The SMILES string of the molecule is CN[C@@H](C)C(=O)N[C@H](C(=O)N1c2ncccc2C[C@H]1C(=O)Nc1ccc(F)cc1F)C(C)C. The third-order valence-corrected chi connectivity index (χ3v) is 5.61. The van der Waals surface area contributed by atoms with Crippen molar-refractivity contribution in [2.75, 3.05) is 17.3 Å². The lowest BCUT2D eigenvalue weighted by Crippen LogP contribution is -2.57. The molecule has 0 radical (unpaired) electrons. The highest BCUT2D eigenvalue weighted by atomic mass is 19.1. The fourth-order valence-electron chi connectivity index (χ4n) is 3.60. The molecule has 3 rings (SSSR count). The minimum atomic E-state index is -1.02. The van der Waals surface area contributed by atoms with Gasteiger partial charge in [-0.15, -0.1) is 0 Å². The topological polar surface area (TPSA) is 103 Å². The van der Waals surface area contributed by atoms with Crippen molar-refractivity contribution in [3.05, 3.63) is 53.7 Å². The first kappa shape index (κ1) is 24.2. The monoisotopic (exact) mass is 459 g/mol. The van der Waals surface area contributed by atoms with Gasteiger partial charge in [0, 0.05) is 18.7 Å². The third-order valence-electron chi connectivity index (χ3n) is 5.61. The van der Waals surface area contributed by atoms with E-state index in [4.69, 9.17) is 0 Å². The Balaban J connectivity index is 1.91. The van der Waals surface area contributed by atoms with Gasteiger partial charge in [-0.3, -0.25) is 19.3 Å². The van der Waals surface area contributed by atoms with E-state index < -0.39 is 41.6 Å². The van der Waals surface area contributed by atoms with Crippen molar-refractivity contribution in [1.82, 2.24) is 15.6 Å². The maximum atomic E-state index is 14.1. The summed E-state index contributed by atoms with van der Waals surface area (Å²) in [4.78, 5) is 44.7. The number of amides is 3. The van der Waals surface area contributed by atoms with E-state index >= 15 is 0 Å². The number of anilines is 2. The Morgan fingerprint density at radius 3 is 2.52 bits per heavy atom.